The number of rotatable bonds is 1. The summed E-state index contributed by atoms with van der Waals surface area (Å²) in [5.41, 5.74) is 0.210. The zero-order chi connectivity index (χ0) is 11.7. The van der Waals surface area contributed by atoms with Crippen molar-refractivity contribution in [3.05, 3.63) is 28.0 Å². The number of pyridine rings is 1. The van der Waals surface area contributed by atoms with Gasteiger partial charge in [0.05, 0.1) is 5.56 Å². The molecule has 0 unspecified atom stereocenters. The molecule has 0 bridgehead atoms. The Hall–Kier alpha value is -1.13. The smallest absolute Gasteiger partial charge is 0.263 e. The van der Waals surface area contributed by atoms with Crippen molar-refractivity contribution in [2.24, 2.45) is 0 Å². The summed E-state index contributed by atoms with van der Waals surface area (Å²) in [5.74, 6) is -0.576. The van der Waals surface area contributed by atoms with Gasteiger partial charge in [-0.25, -0.2) is 4.98 Å². The van der Waals surface area contributed by atoms with Crippen LogP contribution < -0.4 is 0 Å². The minimum absolute atomic E-state index is 0.0252. The van der Waals surface area contributed by atoms with Crippen LogP contribution in [0.1, 0.15) is 23.2 Å². The average Bonchev–Trinajstić information content (AvgIpc) is 2.63. The fourth-order valence-corrected chi connectivity index (χ4v) is 2.01. The normalized spacial score (nSPS) is 15.6. The molecule has 1 saturated heterocycles. The molecule has 1 aromatic heterocycles. The lowest BCUT2D eigenvalue weighted by molar-refractivity contribution is -0.125. The second-order valence-electron chi connectivity index (χ2n) is 3.43. The first-order valence-electron chi connectivity index (χ1n) is 4.76. The third kappa shape index (κ3) is 2.03. The van der Waals surface area contributed by atoms with E-state index in [1.807, 2.05) is 0 Å². The maximum Gasteiger partial charge on any atom is 0.263 e. The minimum atomic E-state index is -0.406. The van der Waals surface area contributed by atoms with Gasteiger partial charge in [0.15, 0.2) is 0 Å². The van der Waals surface area contributed by atoms with Crippen molar-refractivity contribution in [2.45, 2.75) is 12.8 Å². The van der Waals surface area contributed by atoms with Gasteiger partial charge in [0.2, 0.25) is 5.91 Å². The molecule has 0 saturated carbocycles. The van der Waals surface area contributed by atoms with Gasteiger partial charge in [-0.2, -0.15) is 0 Å². The predicted molar refractivity (Wildman–Crippen MR) is 59.5 cm³/mol. The number of hydrogen-bond acceptors (Lipinski definition) is 3. The average molecular weight is 259 g/mol. The number of amides is 2. The van der Waals surface area contributed by atoms with Crippen LogP contribution in [0, 0.1) is 0 Å². The van der Waals surface area contributed by atoms with E-state index in [0.29, 0.717) is 19.4 Å². The van der Waals surface area contributed by atoms with Crippen molar-refractivity contribution in [1.29, 1.82) is 0 Å². The van der Waals surface area contributed by atoms with Gasteiger partial charge in [-0.1, -0.05) is 23.2 Å². The molecule has 0 N–H and O–H groups in total. The van der Waals surface area contributed by atoms with Crippen LogP contribution in [-0.4, -0.2) is 28.2 Å². The Morgan fingerprint density at radius 3 is 2.69 bits per heavy atom. The third-order valence-corrected chi connectivity index (χ3v) is 2.86. The number of imide groups is 1. The first-order chi connectivity index (χ1) is 7.59. The Labute approximate surface area is 102 Å². The monoisotopic (exact) mass is 258 g/mol. The van der Waals surface area contributed by atoms with Gasteiger partial charge >= 0.3 is 0 Å². The SMILES string of the molecule is O=C1CCCN1C(=O)c1ccc(Cl)nc1Cl. The number of carbonyl (C=O) groups is 2. The van der Waals surface area contributed by atoms with Gasteiger partial charge in [0, 0.05) is 13.0 Å². The van der Waals surface area contributed by atoms with Crippen molar-refractivity contribution in [2.75, 3.05) is 6.54 Å². The summed E-state index contributed by atoms with van der Waals surface area (Å²) in [5, 5.41) is 0.242. The fraction of sp³-hybridized carbons (Fsp3) is 0.300. The summed E-state index contributed by atoms with van der Waals surface area (Å²) in [6, 6.07) is 2.95. The molecule has 84 valence electrons. The molecular weight excluding hydrogens is 251 g/mol. The number of hydrogen-bond donors (Lipinski definition) is 0. The molecule has 16 heavy (non-hydrogen) atoms. The molecule has 1 aliphatic rings. The van der Waals surface area contributed by atoms with E-state index in [-0.39, 0.29) is 21.8 Å². The van der Waals surface area contributed by atoms with E-state index in [1.54, 1.807) is 0 Å². The summed E-state index contributed by atoms with van der Waals surface area (Å²) < 4.78 is 0. The van der Waals surface area contributed by atoms with Crippen LogP contribution in [0.4, 0.5) is 0 Å². The number of nitrogens with zero attached hydrogens (tertiary/aromatic N) is 2. The van der Waals surface area contributed by atoms with Gasteiger partial charge in [0.1, 0.15) is 10.3 Å². The summed E-state index contributed by atoms with van der Waals surface area (Å²) in [4.78, 5) is 28.3. The molecule has 0 atom stereocenters. The molecule has 0 aromatic carbocycles. The van der Waals surface area contributed by atoms with E-state index in [9.17, 15) is 9.59 Å². The number of halogens is 2. The Morgan fingerprint density at radius 2 is 2.12 bits per heavy atom. The summed E-state index contributed by atoms with van der Waals surface area (Å²) in [6.45, 7) is 0.441. The highest BCUT2D eigenvalue weighted by molar-refractivity contribution is 6.34. The van der Waals surface area contributed by atoms with Crippen LogP contribution in [0.25, 0.3) is 0 Å². The van der Waals surface area contributed by atoms with Crippen molar-refractivity contribution in [3.63, 3.8) is 0 Å². The van der Waals surface area contributed by atoms with E-state index < -0.39 is 5.91 Å². The second kappa shape index (κ2) is 4.39. The highest BCUT2D eigenvalue weighted by Gasteiger charge is 2.28. The lowest BCUT2D eigenvalue weighted by Gasteiger charge is -2.13. The van der Waals surface area contributed by atoms with E-state index in [1.165, 1.54) is 17.0 Å². The van der Waals surface area contributed by atoms with Crippen molar-refractivity contribution in [1.82, 2.24) is 9.88 Å². The lowest BCUT2D eigenvalue weighted by atomic mass is 10.2. The minimum Gasteiger partial charge on any atom is -0.278 e. The number of carbonyl (C=O) groups excluding carboxylic acids is 2. The molecule has 1 aliphatic heterocycles. The van der Waals surface area contributed by atoms with E-state index in [0.717, 1.165) is 0 Å². The highest BCUT2D eigenvalue weighted by Crippen LogP contribution is 2.21. The lowest BCUT2D eigenvalue weighted by Crippen LogP contribution is -2.32. The van der Waals surface area contributed by atoms with Gasteiger partial charge in [-0.3, -0.25) is 14.5 Å². The maximum absolute atomic E-state index is 11.9. The zero-order valence-electron chi connectivity index (χ0n) is 8.24. The topological polar surface area (TPSA) is 50.3 Å². The van der Waals surface area contributed by atoms with Crippen molar-refractivity contribution >= 4 is 35.0 Å². The molecule has 6 heteroatoms. The summed E-state index contributed by atoms with van der Waals surface area (Å²) in [6.07, 6.45) is 1.10. The van der Waals surface area contributed by atoms with Gasteiger partial charge in [0.25, 0.3) is 5.91 Å². The van der Waals surface area contributed by atoms with Crippen LogP contribution in [-0.2, 0) is 4.79 Å². The zero-order valence-corrected chi connectivity index (χ0v) is 9.75. The molecular formula is C10H8Cl2N2O2. The predicted octanol–water partition coefficient (Wildman–Crippen LogP) is 2.15. The van der Waals surface area contributed by atoms with Crippen LogP contribution in [0.3, 0.4) is 0 Å². The first-order valence-corrected chi connectivity index (χ1v) is 5.52. The van der Waals surface area contributed by atoms with Crippen molar-refractivity contribution in [3.8, 4) is 0 Å². The van der Waals surface area contributed by atoms with Crippen LogP contribution >= 0.6 is 23.2 Å². The molecule has 2 amide bonds. The fourth-order valence-electron chi connectivity index (χ4n) is 1.58. The largest absolute Gasteiger partial charge is 0.278 e. The molecule has 0 aliphatic carbocycles. The second-order valence-corrected chi connectivity index (χ2v) is 4.17. The number of aromatic nitrogens is 1. The van der Waals surface area contributed by atoms with Crippen LogP contribution in [0.2, 0.25) is 10.3 Å². The van der Waals surface area contributed by atoms with E-state index in [4.69, 9.17) is 23.2 Å². The summed E-state index contributed by atoms with van der Waals surface area (Å²) in [7, 11) is 0. The maximum atomic E-state index is 11.9. The summed E-state index contributed by atoms with van der Waals surface area (Å²) >= 11 is 11.4. The molecule has 1 fully saturated rings. The molecule has 0 radical (unpaired) electrons. The highest BCUT2D eigenvalue weighted by atomic mass is 35.5. The van der Waals surface area contributed by atoms with E-state index >= 15 is 0 Å². The van der Waals surface area contributed by atoms with Gasteiger partial charge in [-0.15, -0.1) is 0 Å². The standard InChI is InChI=1S/C10H8Cl2N2O2/c11-7-4-3-6(9(12)13-7)10(16)14-5-1-2-8(14)15/h3-4H,1-2,5H2. The van der Waals surface area contributed by atoms with Crippen LogP contribution in [0.5, 0.6) is 0 Å². The van der Waals surface area contributed by atoms with Gasteiger partial charge in [-0.05, 0) is 18.6 Å². The molecule has 4 nitrogen and oxygen atoms in total. The third-order valence-electron chi connectivity index (χ3n) is 2.36. The number of likely N-dealkylation sites (tertiary alicyclic amines) is 1. The molecule has 0 spiro atoms. The molecule has 2 rings (SSSR count). The first kappa shape index (κ1) is 11.4. The Morgan fingerprint density at radius 1 is 1.38 bits per heavy atom. The Bertz CT molecular complexity index is 462. The van der Waals surface area contributed by atoms with Gasteiger partial charge < -0.3 is 0 Å². The van der Waals surface area contributed by atoms with E-state index in [2.05, 4.69) is 4.98 Å². The Balaban J connectivity index is 2.30. The Kier molecular flexibility index (Phi) is 3.12. The quantitative estimate of drug-likeness (QED) is 0.573. The molecule has 2 heterocycles. The molecule has 1 aromatic rings. The van der Waals surface area contributed by atoms with Crippen LogP contribution in [0.15, 0.2) is 12.1 Å². The van der Waals surface area contributed by atoms with Crippen molar-refractivity contribution < 1.29 is 9.59 Å².